The molecule has 0 bridgehead atoms. The van der Waals surface area contributed by atoms with Gasteiger partial charge in [0.15, 0.2) is 5.65 Å². The van der Waals surface area contributed by atoms with Crippen LogP contribution >= 0.6 is 0 Å². The van der Waals surface area contributed by atoms with Crippen LogP contribution in [-0.4, -0.2) is 55.0 Å². The largest absolute Gasteiger partial charge is 0.368 e. The number of likely N-dealkylation sites (tertiary alicyclic amines) is 1. The molecule has 0 amide bonds. The number of anilines is 1. The van der Waals surface area contributed by atoms with Crippen molar-refractivity contribution in [2.45, 2.75) is 65.0 Å². The molecule has 1 fully saturated rings. The van der Waals surface area contributed by atoms with E-state index >= 15 is 0 Å². The Morgan fingerprint density at radius 1 is 1.16 bits per heavy atom. The summed E-state index contributed by atoms with van der Waals surface area (Å²) in [5.74, 6) is 0.966. The molecule has 0 aromatic carbocycles. The average molecular weight is 424 g/mol. The molecule has 1 aliphatic heterocycles. The summed E-state index contributed by atoms with van der Waals surface area (Å²) in [6.45, 7) is 11.7. The number of nitrogens with one attached hydrogen (secondary N) is 1. The van der Waals surface area contributed by atoms with E-state index in [1.165, 1.54) is 12.8 Å². The second-order valence-electron chi connectivity index (χ2n) is 9.48. The fourth-order valence-corrected chi connectivity index (χ4v) is 4.20. The normalized spacial score (nSPS) is 17.9. The summed E-state index contributed by atoms with van der Waals surface area (Å²) in [5.41, 5.74) is 2.66. The molecule has 1 aliphatic rings. The average Bonchev–Trinajstić information content (AvgIpc) is 3.19. The Hall–Kier alpha value is -2.74. The van der Waals surface area contributed by atoms with Crippen molar-refractivity contribution in [2.75, 3.05) is 25.0 Å². The number of hydrogen-bond acceptors (Lipinski definition) is 6. The predicted octanol–water partition coefficient (Wildman–Crippen LogP) is 2.86. The summed E-state index contributed by atoms with van der Waals surface area (Å²) in [4.78, 5) is 19.3. The molecule has 166 valence electrons. The Labute approximate surface area is 183 Å². The van der Waals surface area contributed by atoms with Gasteiger partial charge in [0.05, 0.1) is 18.4 Å². The topological polar surface area (TPSA) is 80.4 Å². The van der Waals surface area contributed by atoms with Crippen LogP contribution in [0.1, 0.15) is 51.4 Å². The first-order chi connectivity index (χ1) is 14.8. The van der Waals surface area contributed by atoms with Gasteiger partial charge in [-0.25, -0.2) is 9.67 Å². The van der Waals surface area contributed by atoms with E-state index in [2.05, 4.69) is 46.2 Å². The smallest absolute Gasteiger partial charge is 0.266 e. The summed E-state index contributed by atoms with van der Waals surface area (Å²) in [6, 6.07) is 7.86. The Balaban J connectivity index is 1.43. The van der Waals surface area contributed by atoms with Crippen molar-refractivity contribution >= 4 is 11.5 Å². The summed E-state index contributed by atoms with van der Waals surface area (Å²) in [5, 5.41) is 12.6. The van der Waals surface area contributed by atoms with Crippen molar-refractivity contribution < 1.29 is 0 Å². The van der Waals surface area contributed by atoms with Crippen molar-refractivity contribution in [2.24, 2.45) is 0 Å². The van der Waals surface area contributed by atoms with Crippen LogP contribution < -0.4 is 10.9 Å². The van der Waals surface area contributed by atoms with E-state index < -0.39 is 0 Å². The Bertz CT molecular complexity index is 1100. The second kappa shape index (κ2) is 8.78. The highest BCUT2D eigenvalue weighted by Gasteiger charge is 2.23. The SMILES string of the molecule is Cc1cc(NCC2CCCCN2CCn2nc(C(C)(C)C)ccc2=O)n2nccc2n1. The van der Waals surface area contributed by atoms with E-state index in [4.69, 9.17) is 0 Å². The monoisotopic (exact) mass is 423 g/mol. The van der Waals surface area contributed by atoms with Gasteiger partial charge in [0.2, 0.25) is 0 Å². The van der Waals surface area contributed by atoms with Gasteiger partial charge in [-0.2, -0.15) is 14.7 Å². The molecule has 0 radical (unpaired) electrons. The molecule has 4 rings (SSSR count). The Morgan fingerprint density at radius 2 is 2.00 bits per heavy atom. The second-order valence-corrected chi connectivity index (χ2v) is 9.48. The van der Waals surface area contributed by atoms with Crippen LogP contribution in [0.3, 0.4) is 0 Å². The number of aryl methyl sites for hydroxylation is 1. The first-order valence-electron chi connectivity index (χ1n) is 11.2. The van der Waals surface area contributed by atoms with Gasteiger partial charge in [-0.15, -0.1) is 0 Å². The molecular weight excluding hydrogens is 390 g/mol. The maximum atomic E-state index is 12.3. The molecule has 1 atom stereocenters. The summed E-state index contributed by atoms with van der Waals surface area (Å²) in [7, 11) is 0. The standard InChI is InChI=1S/C23H33N7O/c1-17-15-21(30-20(26-17)10-11-25-30)24-16-18-7-5-6-12-28(18)13-14-29-22(31)9-8-19(27-29)23(2,3)4/h8-11,15,18,24H,5-7,12-14,16H2,1-4H3. The number of piperidine rings is 1. The lowest BCUT2D eigenvalue weighted by Gasteiger charge is -2.36. The highest BCUT2D eigenvalue weighted by atomic mass is 16.1. The van der Waals surface area contributed by atoms with Crippen LogP contribution in [-0.2, 0) is 12.0 Å². The highest BCUT2D eigenvalue weighted by molar-refractivity contribution is 5.48. The minimum Gasteiger partial charge on any atom is -0.368 e. The highest BCUT2D eigenvalue weighted by Crippen LogP contribution is 2.20. The minimum atomic E-state index is -0.0759. The van der Waals surface area contributed by atoms with Gasteiger partial charge < -0.3 is 5.32 Å². The van der Waals surface area contributed by atoms with Gasteiger partial charge >= 0.3 is 0 Å². The van der Waals surface area contributed by atoms with Gasteiger partial charge in [-0.3, -0.25) is 9.69 Å². The third kappa shape index (κ3) is 4.95. The Kier molecular flexibility index (Phi) is 6.09. The molecule has 4 heterocycles. The lowest BCUT2D eigenvalue weighted by Crippen LogP contribution is -2.46. The lowest BCUT2D eigenvalue weighted by atomic mass is 9.92. The fraction of sp³-hybridized carbons (Fsp3) is 0.565. The quantitative estimate of drug-likeness (QED) is 0.657. The van der Waals surface area contributed by atoms with Gasteiger partial charge in [0.1, 0.15) is 5.82 Å². The molecule has 3 aromatic rings. The summed E-state index contributed by atoms with van der Waals surface area (Å²) >= 11 is 0. The third-order valence-electron chi connectivity index (χ3n) is 5.99. The maximum absolute atomic E-state index is 12.3. The molecule has 31 heavy (non-hydrogen) atoms. The molecule has 0 spiro atoms. The zero-order chi connectivity index (χ0) is 22.0. The Morgan fingerprint density at radius 3 is 2.81 bits per heavy atom. The molecule has 0 saturated carbocycles. The van der Waals surface area contributed by atoms with Crippen LogP contribution in [0.25, 0.3) is 5.65 Å². The summed E-state index contributed by atoms with van der Waals surface area (Å²) < 4.78 is 3.47. The zero-order valence-corrected chi connectivity index (χ0v) is 19.0. The predicted molar refractivity (Wildman–Crippen MR) is 123 cm³/mol. The van der Waals surface area contributed by atoms with Crippen molar-refractivity contribution in [3.8, 4) is 0 Å². The molecular formula is C23H33N7O. The first kappa shape index (κ1) is 21.5. The number of nitrogens with zero attached hydrogens (tertiary/aromatic N) is 6. The van der Waals surface area contributed by atoms with Crippen LogP contribution in [0.5, 0.6) is 0 Å². The summed E-state index contributed by atoms with van der Waals surface area (Å²) in [6.07, 6.45) is 5.34. The maximum Gasteiger partial charge on any atom is 0.266 e. The lowest BCUT2D eigenvalue weighted by molar-refractivity contribution is 0.147. The molecule has 1 unspecified atom stereocenters. The molecule has 8 heteroatoms. The van der Waals surface area contributed by atoms with Crippen LogP contribution in [0, 0.1) is 6.92 Å². The number of hydrogen-bond donors (Lipinski definition) is 1. The zero-order valence-electron chi connectivity index (χ0n) is 19.0. The molecule has 1 saturated heterocycles. The molecule has 3 aromatic heterocycles. The van der Waals surface area contributed by atoms with Gasteiger partial charge in [-0.05, 0) is 32.4 Å². The van der Waals surface area contributed by atoms with Crippen molar-refractivity contribution in [3.05, 3.63) is 52.2 Å². The molecule has 1 N–H and O–H groups in total. The molecule has 0 aliphatic carbocycles. The van der Waals surface area contributed by atoms with Gasteiger partial charge in [-0.1, -0.05) is 27.2 Å². The van der Waals surface area contributed by atoms with Gasteiger partial charge in [0.25, 0.3) is 5.56 Å². The van der Waals surface area contributed by atoms with Crippen LogP contribution in [0.4, 0.5) is 5.82 Å². The minimum absolute atomic E-state index is 0.0342. The van der Waals surface area contributed by atoms with E-state index in [1.807, 2.05) is 29.6 Å². The number of aromatic nitrogens is 5. The van der Waals surface area contributed by atoms with E-state index in [-0.39, 0.29) is 11.0 Å². The number of fused-ring (bicyclic) bond motifs is 1. The first-order valence-corrected chi connectivity index (χ1v) is 11.2. The van der Waals surface area contributed by atoms with Crippen LogP contribution in [0.15, 0.2) is 35.3 Å². The third-order valence-corrected chi connectivity index (χ3v) is 5.99. The van der Waals surface area contributed by atoms with Crippen LogP contribution in [0.2, 0.25) is 0 Å². The van der Waals surface area contributed by atoms with E-state index in [9.17, 15) is 4.79 Å². The van der Waals surface area contributed by atoms with E-state index in [0.29, 0.717) is 12.6 Å². The van der Waals surface area contributed by atoms with E-state index in [0.717, 1.165) is 48.9 Å². The molecule has 8 nitrogen and oxygen atoms in total. The van der Waals surface area contributed by atoms with Gasteiger partial charge in [0, 0.05) is 48.4 Å². The van der Waals surface area contributed by atoms with E-state index in [1.54, 1.807) is 16.9 Å². The fourth-order valence-electron chi connectivity index (χ4n) is 4.20. The van der Waals surface area contributed by atoms with Crippen molar-refractivity contribution in [1.82, 2.24) is 29.3 Å². The number of rotatable bonds is 6. The van der Waals surface area contributed by atoms with Crippen molar-refractivity contribution in [3.63, 3.8) is 0 Å². The van der Waals surface area contributed by atoms with Crippen molar-refractivity contribution in [1.29, 1.82) is 0 Å².